The average molecular weight is 305 g/mol. The molecule has 1 heterocycles. The van der Waals surface area contributed by atoms with Crippen molar-refractivity contribution in [2.45, 2.75) is 13.0 Å². The first kappa shape index (κ1) is 16.5. The number of morpholine rings is 1. The summed E-state index contributed by atoms with van der Waals surface area (Å²) in [7, 11) is 0. The molecule has 1 saturated heterocycles. The monoisotopic (exact) mass is 305 g/mol. The summed E-state index contributed by atoms with van der Waals surface area (Å²) >= 11 is 0. The van der Waals surface area contributed by atoms with Gasteiger partial charge in [-0.05, 0) is 12.5 Å². The van der Waals surface area contributed by atoms with Crippen molar-refractivity contribution in [1.82, 2.24) is 15.5 Å². The Morgan fingerprint density at radius 1 is 1.18 bits per heavy atom. The van der Waals surface area contributed by atoms with Crippen LogP contribution in [0.2, 0.25) is 0 Å². The van der Waals surface area contributed by atoms with Gasteiger partial charge in [0.2, 0.25) is 0 Å². The summed E-state index contributed by atoms with van der Waals surface area (Å²) in [4.78, 5) is 25.8. The molecule has 1 fully saturated rings. The second-order valence-electron chi connectivity index (χ2n) is 5.32. The highest BCUT2D eigenvalue weighted by atomic mass is 16.5. The minimum atomic E-state index is -0.599. The molecular weight excluding hydrogens is 282 g/mol. The van der Waals surface area contributed by atoms with Crippen LogP contribution in [0.15, 0.2) is 30.3 Å². The number of rotatable bonds is 5. The lowest BCUT2D eigenvalue weighted by molar-refractivity contribution is -0.139. The maximum atomic E-state index is 11.9. The molecule has 0 bridgehead atoms. The third kappa shape index (κ3) is 5.13. The molecule has 0 unspecified atom stereocenters. The van der Waals surface area contributed by atoms with Crippen LogP contribution in [0.5, 0.6) is 0 Å². The number of carbonyl (C=O) groups excluding carboxylic acids is 2. The number of hydrogen-bond acceptors (Lipinski definition) is 4. The topological polar surface area (TPSA) is 70.7 Å². The minimum absolute atomic E-state index is 0.196. The zero-order valence-corrected chi connectivity index (χ0v) is 12.9. The van der Waals surface area contributed by atoms with Gasteiger partial charge < -0.3 is 15.4 Å². The molecule has 0 radical (unpaired) electrons. The van der Waals surface area contributed by atoms with Crippen LogP contribution in [0.25, 0.3) is 0 Å². The Bertz CT molecular complexity index is 487. The van der Waals surface area contributed by atoms with Crippen molar-refractivity contribution in [3.8, 4) is 0 Å². The molecule has 1 aliphatic rings. The van der Waals surface area contributed by atoms with E-state index in [0.29, 0.717) is 6.54 Å². The van der Waals surface area contributed by atoms with Crippen LogP contribution in [0.1, 0.15) is 18.5 Å². The van der Waals surface area contributed by atoms with Crippen molar-refractivity contribution in [1.29, 1.82) is 0 Å². The Morgan fingerprint density at radius 3 is 2.55 bits per heavy atom. The molecule has 6 nitrogen and oxygen atoms in total. The maximum Gasteiger partial charge on any atom is 0.309 e. The summed E-state index contributed by atoms with van der Waals surface area (Å²) in [5.74, 6) is -1.19. The second kappa shape index (κ2) is 8.51. The molecule has 120 valence electrons. The van der Waals surface area contributed by atoms with Crippen LogP contribution in [-0.4, -0.2) is 56.1 Å². The number of hydrogen-bond donors (Lipinski definition) is 2. The van der Waals surface area contributed by atoms with E-state index in [0.717, 1.165) is 38.4 Å². The van der Waals surface area contributed by atoms with E-state index in [-0.39, 0.29) is 6.04 Å². The van der Waals surface area contributed by atoms with E-state index >= 15 is 0 Å². The Labute approximate surface area is 130 Å². The molecule has 1 aliphatic heterocycles. The van der Waals surface area contributed by atoms with E-state index in [2.05, 4.69) is 15.5 Å². The Hall–Kier alpha value is -1.92. The molecule has 1 atom stereocenters. The normalized spacial score (nSPS) is 16.8. The van der Waals surface area contributed by atoms with Gasteiger partial charge in [-0.15, -0.1) is 0 Å². The molecule has 0 aliphatic carbocycles. The van der Waals surface area contributed by atoms with Gasteiger partial charge in [-0.1, -0.05) is 30.3 Å². The van der Waals surface area contributed by atoms with Gasteiger partial charge in [-0.2, -0.15) is 0 Å². The van der Waals surface area contributed by atoms with Crippen molar-refractivity contribution in [2.75, 3.05) is 39.4 Å². The molecule has 1 aromatic carbocycles. The molecule has 2 N–H and O–H groups in total. The van der Waals surface area contributed by atoms with Crippen molar-refractivity contribution < 1.29 is 14.3 Å². The molecule has 0 spiro atoms. The van der Waals surface area contributed by atoms with Crippen LogP contribution in [0.4, 0.5) is 0 Å². The lowest BCUT2D eigenvalue weighted by Gasteiger charge is -2.26. The Kier molecular flexibility index (Phi) is 6.36. The lowest BCUT2D eigenvalue weighted by atomic mass is 10.1. The van der Waals surface area contributed by atoms with E-state index in [1.165, 1.54) is 0 Å². The van der Waals surface area contributed by atoms with Crippen molar-refractivity contribution >= 4 is 11.8 Å². The molecule has 0 saturated carbocycles. The zero-order chi connectivity index (χ0) is 15.8. The second-order valence-corrected chi connectivity index (χ2v) is 5.32. The third-order valence-electron chi connectivity index (χ3n) is 3.67. The van der Waals surface area contributed by atoms with Crippen LogP contribution in [0.3, 0.4) is 0 Å². The number of ether oxygens (including phenoxy) is 1. The summed E-state index contributed by atoms with van der Waals surface area (Å²) in [5.41, 5.74) is 0.969. The van der Waals surface area contributed by atoms with Crippen molar-refractivity contribution in [2.24, 2.45) is 0 Å². The lowest BCUT2D eigenvalue weighted by Crippen LogP contribution is -2.45. The van der Waals surface area contributed by atoms with E-state index < -0.39 is 11.8 Å². The van der Waals surface area contributed by atoms with Crippen LogP contribution in [0, 0.1) is 0 Å². The van der Waals surface area contributed by atoms with Crippen molar-refractivity contribution in [3.05, 3.63) is 35.9 Å². The predicted octanol–water partition coefficient (Wildman–Crippen LogP) is 0.312. The first-order valence-corrected chi connectivity index (χ1v) is 7.60. The van der Waals surface area contributed by atoms with E-state index in [4.69, 9.17) is 4.74 Å². The Balaban J connectivity index is 1.69. The van der Waals surface area contributed by atoms with Crippen LogP contribution >= 0.6 is 0 Å². The summed E-state index contributed by atoms with van der Waals surface area (Å²) in [6.45, 7) is 6.24. The number of amides is 2. The summed E-state index contributed by atoms with van der Waals surface area (Å²) in [6, 6.07) is 9.36. The first-order chi connectivity index (χ1) is 10.7. The Morgan fingerprint density at radius 2 is 1.86 bits per heavy atom. The molecule has 0 aromatic heterocycles. The quantitative estimate of drug-likeness (QED) is 0.768. The number of carbonyl (C=O) groups is 2. The predicted molar refractivity (Wildman–Crippen MR) is 83.3 cm³/mol. The smallest absolute Gasteiger partial charge is 0.309 e. The fraction of sp³-hybridized carbons (Fsp3) is 0.500. The molecular formula is C16H23N3O3. The molecule has 1 aromatic rings. The SMILES string of the molecule is C[C@H](NC(=O)C(=O)NCCN1CCOCC1)c1ccccc1. The number of nitrogens with one attached hydrogen (secondary N) is 2. The number of nitrogens with zero attached hydrogens (tertiary/aromatic N) is 1. The van der Waals surface area contributed by atoms with Gasteiger partial charge >= 0.3 is 11.8 Å². The summed E-state index contributed by atoms with van der Waals surface area (Å²) in [6.07, 6.45) is 0. The molecule has 22 heavy (non-hydrogen) atoms. The van der Waals surface area contributed by atoms with Gasteiger partial charge in [0.05, 0.1) is 19.3 Å². The maximum absolute atomic E-state index is 11.9. The fourth-order valence-corrected chi connectivity index (χ4v) is 2.32. The largest absolute Gasteiger partial charge is 0.379 e. The summed E-state index contributed by atoms with van der Waals surface area (Å²) < 4.78 is 5.26. The van der Waals surface area contributed by atoms with Gasteiger partial charge in [0.1, 0.15) is 0 Å². The summed E-state index contributed by atoms with van der Waals surface area (Å²) in [5, 5.41) is 5.35. The standard InChI is InChI=1S/C16H23N3O3/c1-13(14-5-3-2-4-6-14)18-16(21)15(20)17-7-8-19-9-11-22-12-10-19/h2-6,13H,7-12H2,1H3,(H,17,20)(H,18,21)/t13-/m0/s1. The van der Waals surface area contributed by atoms with E-state index in [1.54, 1.807) is 0 Å². The van der Waals surface area contributed by atoms with Gasteiger partial charge in [0.25, 0.3) is 0 Å². The van der Waals surface area contributed by atoms with Gasteiger partial charge in [-0.25, -0.2) is 0 Å². The fourth-order valence-electron chi connectivity index (χ4n) is 2.32. The first-order valence-electron chi connectivity index (χ1n) is 7.60. The van der Waals surface area contributed by atoms with Crippen LogP contribution < -0.4 is 10.6 Å². The highest BCUT2D eigenvalue weighted by Gasteiger charge is 2.17. The van der Waals surface area contributed by atoms with Gasteiger partial charge in [-0.3, -0.25) is 14.5 Å². The molecule has 2 amide bonds. The van der Waals surface area contributed by atoms with Gasteiger partial charge in [0.15, 0.2) is 0 Å². The third-order valence-corrected chi connectivity index (χ3v) is 3.67. The molecule has 6 heteroatoms. The highest BCUT2D eigenvalue weighted by Crippen LogP contribution is 2.10. The average Bonchev–Trinajstić information content (AvgIpc) is 2.56. The van der Waals surface area contributed by atoms with E-state index in [1.807, 2.05) is 37.3 Å². The highest BCUT2D eigenvalue weighted by molar-refractivity contribution is 6.35. The van der Waals surface area contributed by atoms with Crippen LogP contribution in [-0.2, 0) is 14.3 Å². The minimum Gasteiger partial charge on any atom is -0.379 e. The van der Waals surface area contributed by atoms with Gasteiger partial charge in [0, 0.05) is 26.2 Å². The van der Waals surface area contributed by atoms with Crippen molar-refractivity contribution in [3.63, 3.8) is 0 Å². The number of benzene rings is 1. The van der Waals surface area contributed by atoms with E-state index in [9.17, 15) is 9.59 Å². The zero-order valence-electron chi connectivity index (χ0n) is 12.9. The molecule has 2 rings (SSSR count).